The molecular weight excluding hydrogens is 466 g/mol. The van der Waals surface area contributed by atoms with Crippen molar-refractivity contribution in [3.05, 3.63) is 60.2 Å². The van der Waals surface area contributed by atoms with Crippen molar-refractivity contribution in [3.8, 4) is 23.0 Å². The molecular formula is C26H27N3O7. The number of ether oxygens (including phenoxy) is 4. The van der Waals surface area contributed by atoms with Gasteiger partial charge in [-0.1, -0.05) is 6.08 Å². The number of carbonyl (C=O) groups is 3. The lowest BCUT2D eigenvalue weighted by molar-refractivity contribution is -0.124. The first-order valence-corrected chi connectivity index (χ1v) is 11.8. The minimum Gasteiger partial charge on any atom is -0.454 e. The lowest BCUT2D eigenvalue weighted by atomic mass is 9.88. The van der Waals surface area contributed by atoms with Crippen LogP contribution in [0.5, 0.6) is 23.0 Å². The Bertz CT molecular complexity index is 1190. The maximum absolute atomic E-state index is 13.1. The summed E-state index contributed by atoms with van der Waals surface area (Å²) in [5.74, 6) is 1.32. The Morgan fingerprint density at radius 2 is 1.50 bits per heavy atom. The first-order valence-electron chi connectivity index (χ1n) is 11.8. The molecule has 0 radical (unpaired) electrons. The number of nitrogens with one attached hydrogen (secondary N) is 2. The van der Waals surface area contributed by atoms with Gasteiger partial charge >= 0.3 is 0 Å². The summed E-state index contributed by atoms with van der Waals surface area (Å²) >= 11 is 0. The van der Waals surface area contributed by atoms with E-state index in [1.165, 1.54) is 0 Å². The second-order valence-corrected chi connectivity index (χ2v) is 8.75. The van der Waals surface area contributed by atoms with Crippen LogP contribution < -0.4 is 29.6 Å². The minimum atomic E-state index is -0.759. The van der Waals surface area contributed by atoms with Gasteiger partial charge in [0.05, 0.1) is 0 Å². The molecule has 0 bridgehead atoms. The zero-order valence-corrected chi connectivity index (χ0v) is 19.7. The first kappa shape index (κ1) is 23.5. The minimum absolute atomic E-state index is 0.108. The number of amides is 3. The van der Waals surface area contributed by atoms with E-state index >= 15 is 0 Å². The van der Waals surface area contributed by atoms with Gasteiger partial charge in [0.25, 0.3) is 11.8 Å². The summed E-state index contributed by atoms with van der Waals surface area (Å²) in [5, 5.41) is 5.68. The standard InChI is InChI=1S/C26H27N3O7/c1-2-9-27-25(31)23(28-24(30)17-3-5-19-21(12-17)35-14-33-19)16-7-10-29(11-8-16)26(32)18-4-6-20-22(13-18)36-15-34-20/h2-6,12-13,16,23H,1,7-11,14-15H2,(H,27,31)(H,28,30)/t23-/m1/s1. The monoisotopic (exact) mass is 493 g/mol. The fraction of sp³-hybridized carbons (Fsp3) is 0.346. The van der Waals surface area contributed by atoms with Crippen molar-refractivity contribution in [2.75, 3.05) is 33.2 Å². The van der Waals surface area contributed by atoms with E-state index in [4.69, 9.17) is 18.9 Å². The SMILES string of the molecule is C=CCNC(=O)[C@H](NC(=O)c1ccc2c(c1)OCO2)C1CCN(C(=O)c2ccc3c(c2)OCO3)CC1. The average molecular weight is 494 g/mol. The van der Waals surface area contributed by atoms with Crippen molar-refractivity contribution in [3.63, 3.8) is 0 Å². The maximum Gasteiger partial charge on any atom is 0.253 e. The summed E-state index contributed by atoms with van der Waals surface area (Å²) < 4.78 is 21.4. The molecule has 3 aliphatic rings. The van der Waals surface area contributed by atoms with Crippen LogP contribution in [0.2, 0.25) is 0 Å². The maximum atomic E-state index is 13.1. The van der Waals surface area contributed by atoms with Crippen LogP contribution >= 0.6 is 0 Å². The molecule has 188 valence electrons. The number of hydrogen-bond acceptors (Lipinski definition) is 7. The molecule has 1 fully saturated rings. The lowest BCUT2D eigenvalue weighted by Gasteiger charge is -2.35. The second-order valence-electron chi connectivity index (χ2n) is 8.75. The highest BCUT2D eigenvalue weighted by Crippen LogP contribution is 2.34. The molecule has 0 unspecified atom stereocenters. The van der Waals surface area contributed by atoms with Crippen LogP contribution in [-0.2, 0) is 4.79 Å². The molecule has 2 aromatic rings. The molecule has 0 aromatic heterocycles. The molecule has 2 N–H and O–H groups in total. The molecule has 3 aliphatic heterocycles. The molecule has 10 nitrogen and oxygen atoms in total. The summed E-state index contributed by atoms with van der Waals surface area (Å²) in [6.07, 6.45) is 2.70. The highest BCUT2D eigenvalue weighted by molar-refractivity contribution is 5.98. The predicted octanol–water partition coefficient (Wildman–Crippen LogP) is 2.10. The number of likely N-dealkylation sites (tertiary alicyclic amines) is 1. The summed E-state index contributed by atoms with van der Waals surface area (Å²) in [7, 11) is 0. The molecule has 0 aliphatic carbocycles. The number of benzene rings is 2. The molecule has 1 saturated heterocycles. The van der Waals surface area contributed by atoms with E-state index < -0.39 is 6.04 Å². The van der Waals surface area contributed by atoms with Crippen LogP contribution in [-0.4, -0.2) is 61.9 Å². The zero-order chi connectivity index (χ0) is 25.1. The van der Waals surface area contributed by atoms with E-state index in [0.29, 0.717) is 60.1 Å². The topological polar surface area (TPSA) is 115 Å². The number of hydrogen-bond donors (Lipinski definition) is 2. The predicted molar refractivity (Wildman–Crippen MR) is 128 cm³/mol. The van der Waals surface area contributed by atoms with Gasteiger partial charge in [-0.3, -0.25) is 14.4 Å². The normalized spacial score (nSPS) is 16.8. The molecule has 0 spiro atoms. The zero-order valence-electron chi connectivity index (χ0n) is 19.7. The number of fused-ring (bicyclic) bond motifs is 2. The van der Waals surface area contributed by atoms with E-state index in [-0.39, 0.29) is 43.8 Å². The summed E-state index contributed by atoms with van der Waals surface area (Å²) in [5.41, 5.74) is 0.894. The highest BCUT2D eigenvalue weighted by atomic mass is 16.7. The van der Waals surface area contributed by atoms with Crippen molar-refractivity contribution in [1.82, 2.24) is 15.5 Å². The van der Waals surface area contributed by atoms with Crippen molar-refractivity contribution in [1.29, 1.82) is 0 Å². The Balaban J connectivity index is 1.25. The van der Waals surface area contributed by atoms with E-state index in [0.717, 1.165) is 0 Å². The summed E-state index contributed by atoms with van der Waals surface area (Å²) in [6, 6.07) is 9.29. The fourth-order valence-electron chi connectivity index (χ4n) is 4.59. The Kier molecular flexibility index (Phi) is 6.66. The molecule has 10 heteroatoms. The van der Waals surface area contributed by atoms with Gasteiger partial charge in [-0.2, -0.15) is 0 Å². The van der Waals surface area contributed by atoms with Crippen molar-refractivity contribution in [2.45, 2.75) is 18.9 Å². The first-order chi connectivity index (χ1) is 17.5. The van der Waals surface area contributed by atoms with Crippen LogP contribution in [0.15, 0.2) is 49.1 Å². The van der Waals surface area contributed by atoms with Crippen molar-refractivity contribution in [2.24, 2.45) is 5.92 Å². The van der Waals surface area contributed by atoms with Crippen LogP contribution in [0.1, 0.15) is 33.6 Å². The van der Waals surface area contributed by atoms with E-state index in [2.05, 4.69) is 17.2 Å². The summed E-state index contributed by atoms with van der Waals surface area (Å²) in [4.78, 5) is 40.8. The average Bonchev–Trinajstić information content (AvgIpc) is 3.58. The summed E-state index contributed by atoms with van der Waals surface area (Å²) in [6.45, 7) is 5.10. The highest BCUT2D eigenvalue weighted by Gasteiger charge is 2.34. The van der Waals surface area contributed by atoms with Gasteiger partial charge in [0.1, 0.15) is 6.04 Å². The third-order valence-corrected chi connectivity index (χ3v) is 6.54. The molecule has 0 saturated carbocycles. The Labute approximate surface area is 208 Å². The lowest BCUT2D eigenvalue weighted by Crippen LogP contribution is -2.53. The third kappa shape index (κ3) is 4.79. The van der Waals surface area contributed by atoms with Gasteiger partial charge in [0.2, 0.25) is 19.5 Å². The van der Waals surface area contributed by atoms with Gasteiger partial charge in [-0.15, -0.1) is 6.58 Å². The Morgan fingerprint density at radius 1 is 0.917 bits per heavy atom. The molecule has 5 rings (SSSR count). The van der Waals surface area contributed by atoms with E-state index in [9.17, 15) is 14.4 Å². The fourth-order valence-corrected chi connectivity index (χ4v) is 4.59. The van der Waals surface area contributed by atoms with E-state index in [1.54, 1.807) is 47.4 Å². The smallest absolute Gasteiger partial charge is 0.253 e. The molecule has 3 heterocycles. The Hall–Kier alpha value is -4.21. The third-order valence-electron chi connectivity index (χ3n) is 6.54. The number of carbonyl (C=O) groups excluding carboxylic acids is 3. The van der Waals surface area contributed by atoms with Gasteiger partial charge < -0.3 is 34.5 Å². The van der Waals surface area contributed by atoms with Crippen LogP contribution in [0, 0.1) is 5.92 Å². The van der Waals surface area contributed by atoms with Gasteiger partial charge in [0, 0.05) is 30.8 Å². The van der Waals surface area contributed by atoms with Crippen LogP contribution in [0.25, 0.3) is 0 Å². The number of piperidine rings is 1. The van der Waals surface area contributed by atoms with Crippen LogP contribution in [0.3, 0.4) is 0 Å². The van der Waals surface area contributed by atoms with E-state index in [1.807, 2.05) is 0 Å². The largest absolute Gasteiger partial charge is 0.454 e. The molecule has 3 amide bonds. The number of rotatable bonds is 7. The molecule has 1 atom stereocenters. The Morgan fingerprint density at radius 3 is 2.14 bits per heavy atom. The van der Waals surface area contributed by atoms with Gasteiger partial charge in [-0.25, -0.2) is 0 Å². The van der Waals surface area contributed by atoms with Crippen molar-refractivity contribution >= 4 is 17.7 Å². The van der Waals surface area contributed by atoms with Gasteiger partial charge in [-0.05, 0) is 55.2 Å². The van der Waals surface area contributed by atoms with Crippen LogP contribution in [0.4, 0.5) is 0 Å². The van der Waals surface area contributed by atoms with Crippen molar-refractivity contribution < 1.29 is 33.3 Å². The second kappa shape index (κ2) is 10.2. The quantitative estimate of drug-likeness (QED) is 0.568. The van der Waals surface area contributed by atoms with Gasteiger partial charge in [0.15, 0.2) is 23.0 Å². The molecule has 2 aromatic carbocycles. The molecule has 36 heavy (non-hydrogen) atoms. The number of nitrogens with zero attached hydrogens (tertiary/aromatic N) is 1.